The molecular formula is C89H46Cl2F2I15O10S3+3. The van der Waals surface area contributed by atoms with Crippen LogP contribution in [-0.2, 0) is 32.7 Å². The van der Waals surface area contributed by atoms with Gasteiger partial charge in [0.05, 0.1) is 60.5 Å². The fourth-order valence-electron chi connectivity index (χ4n) is 11.1. The van der Waals surface area contributed by atoms with Crippen molar-refractivity contribution in [3.63, 3.8) is 0 Å². The second kappa shape index (κ2) is 46.8. The van der Waals surface area contributed by atoms with Gasteiger partial charge >= 0.3 is 29.8 Å². The van der Waals surface area contributed by atoms with Gasteiger partial charge in [0.25, 0.3) is 0 Å². The molecule has 0 aliphatic heterocycles. The van der Waals surface area contributed by atoms with E-state index in [4.69, 9.17) is 46.9 Å². The Bertz CT molecular complexity index is 5650. The molecule has 0 spiro atoms. The van der Waals surface area contributed by atoms with Crippen LogP contribution in [0.25, 0.3) is 0 Å². The molecule has 0 unspecified atom stereocenters. The molecule has 0 N–H and O–H groups in total. The van der Waals surface area contributed by atoms with E-state index in [0.717, 1.165) is 97.6 Å². The zero-order valence-corrected chi connectivity index (χ0v) is 96.9. The molecule has 0 aliphatic carbocycles. The zero-order chi connectivity index (χ0) is 86.6. The molecule has 610 valence electrons. The smallest absolute Gasteiger partial charge is 0.345 e. The molecule has 0 saturated carbocycles. The molecule has 0 radical (unpaired) electrons. The highest BCUT2D eigenvalue weighted by Gasteiger charge is 2.34. The zero-order valence-electron chi connectivity index (χ0n) is 60.5. The third-order valence-corrected chi connectivity index (χ3v) is 43.7. The maximum Gasteiger partial charge on any atom is 0.345 e. The van der Waals surface area contributed by atoms with Crippen LogP contribution in [0.1, 0.15) is 51.8 Å². The van der Waals surface area contributed by atoms with Crippen LogP contribution in [0.2, 0.25) is 10.0 Å². The molecule has 0 aliphatic rings. The first kappa shape index (κ1) is 98.9. The first-order chi connectivity index (χ1) is 57.9. The van der Waals surface area contributed by atoms with E-state index < -0.39 is 45.7 Å². The van der Waals surface area contributed by atoms with Gasteiger partial charge in [-0.2, -0.15) is 0 Å². The molecule has 0 amide bonds. The van der Waals surface area contributed by atoms with Gasteiger partial charge in [-0.3, -0.25) is 0 Å². The van der Waals surface area contributed by atoms with E-state index >= 15 is 0 Å². The summed E-state index contributed by atoms with van der Waals surface area (Å²) in [4.78, 5) is 74.5. The average Bonchev–Trinajstić information content (AvgIpc) is 0.765. The van der Waals surface area contributed by atoms with Crippen molar-refractivity contribution >= 4 is 425 Å². The highest BCUT2D eigenvalue weighted by molar-refractivity contribution is 14.1. The molecule has 0 atom stereocenters. The fourth-order valence-corrected chi connectivity index (χ4v) is 29.1. The summed E-state index contributed by atoms with van der Waals surface area (Å²) in [5.74, 6) is -0.454. The topological polar surface area (TPSA) is 132 Å². The molecule has 32 heteroatoms. The number of hydrogen-bond donors (Lipinski definition) is 0. The van der Waals surface area contributed by atoms with Gasteiger partial charge in [-0.25, -0.2) is 32.8 Å². The quantitative estimate of drug-likeness (QED) is 0.0253. The SMILES string of the molecule is O=C(Oc1ccc([S+](c2ccc(Cl)cc2)c2ccc(Cl)cc2)cc1)c1c(I)ccc(I)c1I.O=C(Oc1ccc([S+](c2ccc(F)cc2)c2ccc(F)cc2)cc1)c1c(I)ccc(I)c1I.O=C(Oc1ccc([S+](c2ccc(OC(=O)c3c(I)ccc(I)c3I)cc2)c2ccc(OC(=O)c3c(I)ccc(I)c3I)cc2)cc1)c1c(I)ccc(I)c1I. The van der Waals surface area contributed by atoms with E-state index in [-0.39, 0.29) is 28.5 Å². The molecule has 0 aromatic heterocycles. The minimum Gasteiger partial charge on any atom is -0.423 e. The van der Waals surface area contributed by atoms with Gasteiger partial charge in [0, 0.05) is 63.6 Å². The summed E-state index contributed by atoms with van der Waals surface area (Å²) < 4.78 is 69.3. The van der Waals surface area contributed by atoms with Crippen LogP contribution in [-0.4, -0.2) is 29.8 Å². The Balaban J connectivity index is 0.000000175. The Morgan fingerprint density at radius 1 is 0.198 bits per heavy atom. The first-order valence-electron chi connectivity index (χ1n) is 34.4. The Morgan fingerprint density at radius 3 is 0.488 bits per heavy atom. The number of benzene rings is 14. The lowest BCUT2D eigenvalue weighted by Gasteiger charge is -2.12. The van der Waals surface area contributed by atoms with E-state index in [9.17, 15) is 32.8 Å². The second-order valence-corrected chi connectivity index (χ2v) is 48.6. The predicted octanol–water partition coefficient (Wildman–Crippen LogP) is 31.1. The Morgan fingerprint density at radius 2 is 0.331 bits per heavy atom. The number of halogens is 19. The van der Waals surface area contributed by atoms with Crippen molar-refractivity contribution in [2.75, 3.05) is 0 Å². The largest absolute Gasteiger partial charge is 0.423 e. The molecule has 121 heavy (non-hydrogen) atoms. The van der Waals surface area contributed by atoms with Crippen LogP contribution >= 0.6 is 362 Å². The third-order valence-electron chi connectivity index (χ3n) is 16.8. The van der Waals surface area contributed by atoms with Crippen LogP contribution in [0, 0.1) is 65.2 Å². The lowest BCUT2D eigenvalue weighted by Crippen LogP contribution is -2.14. The molecule has 10 nitrogen and oxygen atoms in total. The number of carbonyl (C=O) groups is 5. The van der Waals surface area contributed by atoms with Crippen molar-refractivity contribution in [3.8, 4) is 28.7 Å². The number of esters is 5. The second-order valence-electron chi connectivity index (χ2n) is 24.6. The van der Waals surface area contributed by atoms with E-state index in [1.54, 1.807) is 72.8 Å². The summed E-state index contributed by atoms with van der Waals surface area (Å²) in [6.45, 7) is 0. The van der Waals surface area contributed by atoms with Crippen molar-refractivity contribution < 1.29 is 56.4 Å². The molecule has 14 rings (SSSR count). The van der Waals surface area contributed by atoms with Crippen molar-refractivity contribution in [2.24, 2.45) is 0 Å². The van der Waals surface area contributed by atoms with Crippen molar-refractivity contribution in [2.45, 2.75) is 44.1 Å². The maximum absolute atomic E-state index is 13.5. The third kappa shape index (κ3) is 26.0. The summed E-state index contributed by atoms with van der Waals surface area (Å²) in [6, 6.07) is 85.1. The average molecular weight is 3380 g/mol. The molecule has 0 bridgehead atoms. The van der Waals surface area contributed by atoms with E-state index in [1.807, 2.05) is 182 Å². The van der Waals surface area contributed by atoms with Gasteiger partial charge in [-0.05, 0) is 618 Å². The Kier molecular flexibility index (Phi) is 38.2. The first-order valence-corrected chi connectivity index (χ1v) is 55.0. The fraction of sp³-hybridized carbons (Fsp3) is 0. The van der Waals surface area contributed by atoms with Gasteiger partial charge in [0.1, 0.15) is 40.4 Å². The van der Waals surface area contributed by atoms with E-state index in [1.165, 1.54) is 24.3 Å². The highest BCUT2D eigenvalue weighted by Crippen LogP contribution is 2.40. The van der Waals surface area contributed by atoms with Crippen molar-refractivity contribution in [1.82, 2.24) is 0 Å². The highest BCUT2D eigenvalue weighted by atomic mass is 127. The van der Waals surface area contributed by atoms with Gasteiger partial charge in [-0.15, -0.1) is 0 Å². The van der Waals surface area contributed by atoms with Crippen LogP contribution in [0.4, 0.5) is 8.78 Å². The van der Waals surface area contributed by atoms with E-state index in [0.29, 0.717) is 66.6 Å². The molecule has 0 heterocycles. The molecule has 14 aromatic carbocycles. The maximum atomic E-state index is 13.5. The number of ether oxygens (including phenoxy) is 5. The minimum atomic E-state index is -0.648. The standard InChI is InChI=1S/C39H18I9O6S.C25H14Cl2I3O2S.C25H14F2I3O2S/c40-25-13-16-28(43)34(46)31(25)37(49)52-19-1-7-22(8-2-19)55(23-9-3-20(4-10-23)53-38(50)32-26(41)14-17-29(44)35(32)47)24-11-5-21(6-12-24)54-39(51)33-27(42)15-18-30(45)36(33)48;2*26-15-1-7-18(8-2-15)33(19-9-3-16(27)4-10-19)20-11-5-17(6-12-20)32-25(31)23-21(28)13-14-22(29)24(23)30/h1-18H;2*1-14H/q3*+1. The lowest BCUT2D eigenvalue weighted by molar-refractivity contribution is 0.0722. The Labute approximate surface area is 919 Å². The van der Waals surface area contributed by atoms with Crippen LogP contribution in [0.3, 0.4) is 0 Å². The summed E-state index contributed by atoms with van der Waals surface area (Å²) in [5, 5.41) is 1.39. The summed E-state index contributed by atoms with van der Waals surface area (Å²) >= 11 is 44.9. The van der Waals surface area contributed by atoms with Gasteiger partial charge in [0.15, 0.2) is 44.1 Å². The summed E-state index contributed by atoms with van der Waals surface area (Å²) in [7, 11) is -1.58. The predicted molar refractivity (Wildman–Crippen MR) is 602 cm³/mol. The number of hydrogen-bond acceptors (Lipinski definition) is 10. The van der Waals surface area contributed by atoms with Gasteiger partial charge in [0.2, 0.25) is 0 Å². The van der Waals surface area contributed by atoms with Crippen LogP contribution in [0.5, 0.6) is 28.7 Å². The van der Waals surface area contributed by atoms with Crippen molar-refractivity contribution in [3.05, 3.63) is 382 Å². The van der Waals surface area contributed by atoms with Crippen molar-refractivity contribution in [1.29, 1.82) is 0 Å². The lowest BCUT2D eigenvalue weighted by atomic mass is 10.2. The molecule has 0 saturated heterocycles. The van der Waals surface area contributed by atoms with Crippen LogP contribution in [0.15, 0.2) is 323 Å². The monoisotopic (exact) mass is 3380 g/mol. The normalized spacial score (nSPS) is 11.0. The summed E-state index contributed by atoms with van der Waals surface area (Å²) in [5.41, 5.74) is 2.75. The summed E-state index contributed by atoms with van der Waals surface area (Å²) in [6.07, 6.45) is 0. The number of carbonyl (C=O) groups excluding carboxylic acids is 5. The molecule has 14 aromatic rings. The van der Waals surface area contributed by atoms with Gasteiger partial charge < -0.3 is 23.7 Å². The Hall–Kier alpha value is -1.13. The van der Waals surface area contributed by atoms with E-state index in [2.05, 4.69) is 339 Å². The molecular weight excluding hydrogens is 3340 g/mol. The van der Waals surface area contributed by atoms with Crippen LogP contribution < -0.4 is 23.7 Å². The minimum absolute atomic E-state index is 0.316. The molecule has 0 fully saturated rings. The van der Waals surface area contributed by atoms with Gasteiger partial charge in [-0.1, -0.05) is 23.2 Å². The number of rotatable bonds is 19.